The number of carbonyl (C=O) groups excluding carboxylic acids is 1. The average molecular weight is 345 g/mol. The van der Waals surface area contributed by atoms with Crippen LogP contribution in [0.3, 0.4) is 0 Å². The van der Waals surface area contributed by atoms with E-state index in [0.29, 0.717) is 12.3 Å². The first-order valence-electron chi connectivity index (χ1n) is 7.74. The van der Waals surface area contributed by atoms with Gasteiger partial charge in [-0.15, -0.1) is 11.3 Å². The van der Waals surface area contributed by atoms with Crippen LogP contribution in [0.1, 0.15) is 20.3 Å². The van der Waals surface area contributed by atoms with Gasteiger partial charge < -0.3 is 10.6 Å². The Morgan fingerprint density at radius 2 is 2.17 bits per heavy atom. The van der Waals surface area contributed by atoms with E-state index in [4.69, 9.17) is 5.26 Å². The molecule has 2 aromatic rings. The van der Waals surface area contributed by atoms with Crippen LogP contribution in [0.15, 0.2) is 35.0 Å². The van der Waals surface area contributed by atoms with Crippen molar-refractivity contribution in [2.45, 2.75) is 26.3 Å². The summed E-state index contributed by atoms with van der Waals surface area (Å²) in [5.74, 6) is -0.191. The Kier molecular flexibility index (Phi) is 6.33. The molecule has 0 bridgehead atoms. The van der Waals surface area contributed by atoms with E-state index in [2.05, 4.69) is 10.6 Å². The van der Waals surface area contributed by atoms with Gasteiger partial charge in [0.25, 0.3) is 0 Å². The summed E-state index contributed by atoms with van der Waals surface area (Å²) in [5.41, 5.74) is 2.42. The predicted octanol–water partition coefficient (Wildman–Crippen LogP) is 4.02. The molecule has 1 amide bonds. The van der Waals surface area contributed by atoms with Crippen LogP contribution < -0.4 is 10.6 Å². The molecule has 0 fully saturated rings. The van der Waals surface area contributed by atoms with Crippen LogP contribution in [0.25, 0.3) is 11.1 Å². The van der Waals surface area contributed by atoms with Crippen molar-refractivity contribution in [1.29, 1.82) is 5.26 Å². The molecule has 2 rings (SSSR count). The maximum Gasteiger partial charge on any atom is 0.243 e. The minimum absolute atomic E-state index is 0.0184. The van der Waals surface area contributed by atoms with Crippen LogP contribution in [0.2, 0.25) is 0 Å². The number of hydrogen-bond donors (Lipinski definition) is 2. The van der Waals surface area contributed by atoms with Gasteiger partial charge in [0, 0.05) is 16.3 Å². The third-order valence-corrected chi connectivity index (χ3v) is 4.24. The number of halogens is 1. The number of nitriles is 1. The van der Waals surface area contributed by atoms with Gasteiger partial charge in [-0.2, -0.15) is 5.26 Å². The largest absolute Gasteiger partial charge is 0.372 e. The van der Waals surface area contributed by atoms with Gasteiger partial charge in [-0.05, 0) is 30.0 Å². The summed E-state index contributed by atoms with van der Waals surface area (Å²) >= 11 is 1.49. The molecule has 6 heteroatoms. The smallest absolute Gasteiger partial charge is 0.243 e. The minimum Gasteiger partial charge on any atom is -0.372 e. The van der Waals surface area contributed by atoms with E-state index in [-0.39, 0.29) is 18.3 Å². The summed E-state index contributed by atoms with van der Waals surface area (Å²) < 4.78 is 13.5. The Balaban J connectivity index is 2.22. The van der Waals surface area contributed by atoms with Gasteiger partial charge in [-0.3, -0.25) is 4.79 Å². The van der Waals surface area contributed by atoms with Crippen molar-refractivity contribution < 1.29 is 9.18 Å². The minimum atomic E-state index is -0.444. The number of nitrogens with one attached hydrogen (secondary N) is 2. The van der Waals surface area contributed by atoms with Crippen LogP contribution >= 0.6 is 11.3 Å². The SMILES string of the molecule is CC(C)C[C@H](Nc1cscc1-c1cccc(F)c1)C(=O)NCC#N. The molecule has 0 aliphatic carbocycles. The third kappa shape index (κ3) is 4.80. The second-order valence-corrected chi connectivity index (χ2v) is 6.66. The van der Waals surface area contributed by atoms with E-state index >= 15 is 0 Å². The topological polar surface area (TPSA) is 64.9 Å². The molecule has 0 spiro atoms. The second kappa shape index (κ2) is 8.46. The number of benzene rings is 1. The van der Waals surface area contributed by atoms with E-state index in [1.165, 1.54) is 23.5 Å². The fourth-order valence-corrected chi connectivity index (χ4v) is 3.23. The predicted molar refractivity (Wildman–Crippen MR) is 95.2 cm³/mol. The third-order valence-electron chi connectivity index (χ3n) is 3.49. The normalized spacial score (nSPS) is 11.8. The summed E-state index contributed by atoms with van der Waals surface area (Å²) in [7, 11) is 0. The number of amides is 1. The summed E-state index contributed by atoms with van der Waals surface area (Å²) in [6.07, 6.45) is 0.635. The van der Waals surface area contributed by atoms with Crippen molar-refractivity contribution in [2.75, 3.05) is 11.9 Å². The fraction of sp³-hybridized carbons (Fsp3) is 0.333. The Morgan fingerprint density at radius 3 is 2.83 bits per heavy atom. The molecule has 0 saturated heterocycles. The van der Waals surface area contributed by atoms with E-state index in [0.717, 1.165) is 16.8 Å². The van der Waals surface area contributed by atoms with Gasteiger partial charge in [0.05, 0.1) is 11.8 Å². The molecule has 0 aliphatic heterocycles. The molecule has 0 saturated carbocycles. The van der Waals surface area contributed by atoms with Gasteiger partial charge in [-0.1, -0.05) is 26.0 Å². The summed E-state index contributed by atoms with van der Waals surface area (Å²) in [4.78, 5) is 12.3. The maximum absolute atomic E-state index is 13.5. The molecule has 0 unspecified atom stereocenters. The van der Waals surface area contributed by atoms with Crippen LogP contribution in [-0.4, -0.2) is 18.5 Å². The number of thiophene rings is 1. The lowest BCUT2D eigenvalue weighted by atomic mass is 10.0. The molecular weight excluding hydrogens is 325 g/mol. The highest BCUT2D eigenvalue weighted by Crippen LogP contribution is 2.33. The molecule has 0 aliphatic rings. The van der Waals surface area contributed by atoms with Crippen molar-refractivity contribution in [3.63, 3.8) is 0 Å². The van der Waals surface area contributed by atoms with Gasteiger partial charge >= 0.3 is 0 Å². The standard InChI is InChI=1S/C18H20FN3OS/c1-12(2)8-16(18(23)21-7-6-20)22-17-11-24-10-15(17)13-4-3-5-14(19)9-13/h3-5,9-12,16,22H,7-8H2,1-2H3,(H,21,23)/t16-/m0/s1. The van der Waals surface area contributed by atoms with Crippen molar-refractivity contribution >= 4 is 22.9 Å². The highest BCUT2D eigenvalue weighted by Gasteiger charge is 2.21. The molecule has 24 heavy (non-hydrogen) atoms. The van der Waals surface area contributed by atoms with Gasteiger partial charge in [-0.25, -0.2) is 4.39 Å². The zero-order valence-corrected chi connectivity index (χ0v) is 14.5. The van der Waals surface area contributed by atoms with Gasteiger partial charge in [0.2, 0.25) is 5.91 Å². The van der Waals surface area contributed by atoms with Crippen molar-refractivity contribution in [3.05, 3.63) is 40.8 Å². The molecule has 1 aromatic heterocycles. The number of carbonyl (C=O) groups is 1. The van der Waals surface area contributed by atoms with Crippen molar-refractivity contribution in [1.82, 2.24) is 5.32 Å². The highest BCUT2D eigenvalue weighted by molar-refractivity contribution is 7.08. The lowest BCUT2D eigenvalue weighted by molar-refractivity contribution is -0.121. The summed E-state index contributed by atoms with van der Waals surface area (Å²) in [5, 5.41) is 18.3. The fourth-order valence-electron chi connectivity index (χ4n) is 2.43. The highest BCUT2D eigenvalue weighted by atomic mass is 32.1. The first-order chi connectivity index (χ1) is 11.5. The lowest BCUT2D eigenvalue weighted by Gasteiger charge is -2.21. The van der Waals surface area contributed by atoms with Crippen LogP contribution in [-0.2, 0) is 4.79 Å². The Morgan fingerprint density at radius 1 is 1.38 bits per heavy atom. The zero-order valence-electron chi connectivity index (χ0n) is 13.7. The molecule has 0 radical (unpaired) electrons. The van der Waals surface area contributed by atoms with Crippen LogP contribution in [0, 0.1) is 23.1 Å². The molecular formula is C18H20FN3OS. The van der Waals surface area contributed by atoms with Crippen molar-refractivity contribution in [2.24, 2.45) is 5.92 Å². The quantitative estimate of drug-likeness (QED) is 0.745. The maximum atomic E-state index is 13.5. The Hall–Kier alpha value is -2.39. The van der Waals surface area contributed by atoms with Gasteiger partial charge in [0.15, 0.2) is 0 Å². The van der Waals surface area contributed by atoms with E-state index in [1.54, 1.807) is 6.07 Å². The number of anilines is 1. The average Bonchev–Trinajstić information content (AvgIpc) is 2.99. The molecule has 126 valence electrons. The molecule has 1 aromatic carbocycles. The van der Waals surface area contributed by atoms with Gasteiger partial charge in [0.1, 0.15) is 18.4 Å². The second-order valence-electron chi connectivity index (χ2n) is 5.91. The molecule has 1 atom stereocenters. The Labute approximate surface area is 145 Å². The molecule has 2 N–H and O–H groups in total. The first kappa shape index (κ1) is 18.0. The van der Waals surface area contributed by atoms with E-state index < -0.39 is 6.04 Å². The van der Waals surface area contributed by atoms with Crippen LogP contribution in [0.5, 0.6) is 0 Å². The zero-order chi connectivity index (χ0) is 17.5. The number of nitrogens with zero attached hydrogens (tertiary/aromatic N) is 1. The summed E-state index contributed by atoms with van der Waals surface area (Å²) in [6, 6.07) is 7.84. The number of hydrogen-bond acceptors (Lipinski definition) is 4. The number of rotatable bonds is 7. The monoisotopic (exact) mass is 345 g/mol. The van der Waals surface area contributed by atoms with Crippen molar-refractivity contribution in [3.8, 4) is 17.2 Å². The van der Waals surface area contributed by atoms with E-state index in [1.807, 2.05) is 36.7 Å². The molecule has 1 heterocycles. The Bertz CT molecular complexity index is 736. The molecule has 4 nitrogen and oxygen atoms in total. The first-order valence-corrected chi connectivity index (χ1v) is 8.69. The summed E-state index contributed by atoms with van der Waals surface area (Å²) in [6.45, 7) is 4.05. The lowest BCUT2D eigenvalue weighted by Crippen LogP contribution is -2.40. The van der Waals surface area contributed by atoms with E-state index in [9.17, 15) is 9.18 Å². The van der Waals surface area contributed by atoms with Crippen LogP contribution in [0.4, 0.5) is 10.1 Å².